The molecule has 0 unspecified atom stereocenters. The number of pyridine rings is 1. The molecule has 0 spiro atoms. The minimum absolute atomic E-state index is 0.683. The minimum Gasteiger partial charge on any atom is -0.366 e. The summed E-state index contributed by atoms with van der Waals surface area (Å²) in [6, 6.07) is 13.6. The van der Waals surface area contributed by atoms with Crippen molar-refractivity contribution < 1.29 is 0 Å². The standard InChI is InChI=1S/C14H13N3/c1-11-2-7-14(16-9-11)17-10-13-5-3-12(8-15)4-6-13/h2-7,9H,10H2,1H3,(H,16,17). The van der Waals surface area contributed by atoms with Crippen molar-refractivity contribution in [3.8, 4) is 6.07 Å². The fourth-order valence-electron chi connectivity index (χ4n) is 1.46. The molecule has 0 radical (unpaired) electrons. The van der Waals surface area contributed by atoms with Crippen LogP contribution in [0.5, 0.6) is 0 Å². The third-order valence-corrected chi connectivity index (χ3v) is 2.47. The van der Waals surface area contributed by atoms with Crippen LogP contribution >= 0.6 is 0 Å². The fourth-order valence-corrected chi connectivity index (χ4v) is 1.46. The molecule has 3 heteroatoms. The summed E-state index contributed by atoms with van der Waals surface area (Å²) in [6.45, 7) is 2.72. The van der Waals surface area contributed by atoms with Crippen molar-refractivity contribution in [2.24, 2.45) is 0 Å². The number of anilines is 1. The van der Waals surface area contributed by atoms with E-state index in [0.29, 0.717) is 12.1 Å². The van der Waals surface area contributed by atoms with Gasteiger partial charge in [0.25, 0.3) is 0 Å². The maximum Gasteiger partial charge on any atom is 0.126 e. The third kappa shape index (κ3) is 3.05. The number of rotatable bonds is 3. The molecule has 1 aromatic carbocycles. The molecule has 0 saturated carbocycles. The van der Waals surface area contributed by atoms with Gasteiger partial charge in [-0.3, -0.25) is 0 Å². The molecule has 3 nitrogen and oxygen atoms in total. The largest absolute Gasteiger partial charge is 0.366 e. The molecule has 84 valence electrons. The van der Waals surface area contributed by atoms with E-state index in [1.165, 1.54) is 0 Å². The number of aryl methyl sites for hydroxylation is 1. The van der Waals surface area contributed by atoms with Crippen LogP contribution in [0.1, 0.15) is 16.7 Å². The van der Waals surface area contributed by atoms with Gasteiger partial charge in [-0.15, -0.1) is 0 Å². The average molecular weight is 223 g/mol. The molecule has 0 saturated heterocycles. The summed E-state index contributed by atoms with van der Waals surface area (Å²) in [7, 11) is 0. The summed E-state index contributed by atoms with van der Waals surface area (Å²) < 4.78 is 0. The highest BCUT2D eigenvalue weighted by molar-refractivity contribution is 5.38. The first kappa shape index (κ1) is 11.2. The van der Waals surface area contributed by atoms with Gasteiger partial charge in [0, 0.05) is 12.7 Å². The van der Waals surface area contributed by atoms with Crippen molar-refractivity contribution in [3.63, 3.8) is 0 Å². The monoisotopic (exact) mass is 223 g/mol. The summed E-state index contributed by atoms with van der Waals surface area (Å²) in [5.41, 5.74) is 2.96. The van der Waals surface area contributed by atoms with Gasteiger partial charge in [-0.2, -0.15) is 5.26 Å². The summed E-state index contributed by atoms with van der Waals surface area (Å²) >= 11 is 0. The van der Waals surface area contributed by atoms with Gasteiger partial charge < -0.3 is 5.32 Å². The molecule has 0 amide bonds. The summed E-state index contributed by atoms with van der Waals surface area (Å²) in [4.78, 5) is 4.26. The first-order chi connectivity index (χ1) is 8.28. The van der Waals surface area contributed by atoms with Gasteiger partial charge in [-0.25, -0.2) is 4.98 Å². The second-order valence-electron chi connectivity index (χ2n) is 3.88. The highest BCUT2D eigenvalue weighted by atomic mass is 15.0. The van der Waals surface area contributed by atoms with Crippen LogP contribution in [-0.2, 0) is 6.54 Å². The van der Waals surface area contributed by atoms with Crippen molar-refractivity contribution in [2.45, 2.75) is 13.5 Å². The number of hydrogen-bond acceptors (Lipinski definition) is 3. The molecular weight excluding hydrogens is 210 g/mol. The number of hydrogen-bond donors (Lipinski definition) is 1. The van der Waals surface area contributed by atoms with Crippen LogP contribution in [-0.4, -0.2) is 4.98 Å². The molecule has 0 aliphatic heterocycles. The normalized spacial score (nSPS) is 9.65. The van der Waals surface area contributed by atoms with E-state index in [2.05, 4.69) is 16.4 Å². The van der Waals surface area contributed by atoms with Gasteiger partial charge in [0.1, 0.15) is 5.82 Å². The molecule has 0 fully saturated rings. The van der Waals surface area contributed by atoms with E-state index in [4.69, 9.17) is 5.26 Å². The van der Waals surface area contributed by atoms with E-state index >= 15 is 0 Å². The van der Waals surface area contributed by atoms with Crippen LogP contribution < -0.4 is 5.32 Å². The Balaban J connectivity index is 1.98. The van der Waals surface area contributed by atoms with Crippen LogP contribution in [0.4, 0.5) is 5.82 Å². The Labute approximate surface area is 101 Å². The van der Waals surface area contributed by atoms with E-state index in [-0.39, 0.29) is 0 Å². The zero-order valence-electron chi connectivity index (χ0n) is 9.64. The van der Waals surface area contributed by atoms with Gasteiger partial charge in [0.05, 0.1) is 11.6 Å². The van der Waals surface area contributed by atoms with E-state index < -0.39 is 0 Å². The van der Waals surface area contributed by atoms with Crippen molar-refractivity contribution >= 4 is 5.82 Å². The number of nitrogens with zero attached hydrogens (tertiary/aromatic N) is 2. The lowest BCUT2D eigenvalue weighted by Crippen LogP contribution is -2.01. The van der Waals surface area contributed by atoms with Crippen LogP contribution in [0.2, 0.25) is 0 Å². The van der Waals surface area contributed by atoms with Crippen molar-refractivity contribution in [1.29, 1.82) is 5.26 Å². The molecule has 2 aromatic rings. The van der Waals surface area contributed by atoms with E-state index in [1.807, 2.05) is 49.5 Å². The first-order valence-corrected chi connectivity index (χ1v) is 5.43. The number of benzene rings is 1. The molecule has 17 heavy (non-hydrogen) atoms. The second kappa shape index (κ2) is 5.13. The van der Waals surface area contributed by atoms with Gasteiger partial charge in [0.15, 0.2) is 0 Å². The topological polar surface area (TPSA) is 48.7 Å². The van der Waals surface area contributed by atoms with Gasteiger partial charge >= 0.3 is 0 Å². The van der Waals surface area contributed by atoms with Crippen LogP contribution in [0.15, 0.2) is 42.6 Å². The van der Waals surface area contributed by atoms with Gasteiger partial charge in [0.2, 0.25) is 0 Å². The number of nitrogens with one attached hydrogen (secondary N) is 1. The summed E-state index contributed by atoms with van der Waals surface area (Å²) in [5.74, 6) is 0.861. The summed E-state index contributed by atoms with van der Waals surface area (Å²) in [5, 5.41) is 11.9. The fraction of sp³-hybridized carbons (Fsp3) is 0.143. The molecule has 1 N–H and O–H groups in total. The quantitative estimate of drug-likeness (QED) is 0.870. The Hall–Kier alpha value is -2.34. The average Bonchev–Trinajstić information content (AvgIpc) is 2.39. The smallest absolute Gasteiger partial charge is 0.126 e. The minimum atomic E-state index is 0.683. The van der Waals surface area contributed by atoms with Crippen molar-refractivity contribution in [1.82, 2.24) is 4.98 Å². The lowest BCUT2D eigenvalue weighted by atomic mass is 10.1. The lowest BCUT2D eigenvalue weighted by Gasteiger charge is -2.05. The molecule has 0 bridgehead atoms. The lowest BCUT2D eigenvalue weighted by molar-refractivity contribution is 1.10. The van der Waals surface area contributed by atoms with Crippen LogP contribution in [0, 0.1) is 18.3 Å². The van der Waals surface area contributed by atoms with Crippen molar-refractivity contribution in [3.05, 3.63) is 59.3 Å². The molecule has 1 heterocycles. The maximum atomic E-state index is 8.69. The summed E-state index contributed by atoms with van der Waals surface area (Å²) in [6.07, 6.45) is 1.83. The highest BCUT2D eigenvalue weighted by Gasteiger charge is 1.95. The predicted octanol–water partition coefficient (Wildman–Crippen LogP) is 2.87. The number of aromatic nitrogens is 1. The zero-order valence-corrected chi connectivity index (χ0v) is 9.64. The zero-order chi connectivity index (χ0) is 12.1. The molecule has 2 rings (SSSR count). The Morgan fingerprint density at radius 1 is 1.18 bits per heavy atom. The molecule has 0 aliphatic rings. The Bertz CT molecular complexity index is 521. The van der Waals surface area contributed by atoms with Crippen LogP contribution in [0.3, 0.4) is 0 Å². The molecule has 0 atom stereocenters. The van der Waals surface area contributed by atoms with Gasteiger partial charge in [-0.05, 0) is 36.2 Å². The SMILES string of the molecule is Cc1ccc(NCc2ccc(C#N)cc2)nc1. The molecule has 1 aromatic heterocycles. The van der Waals surface area contributed by atoms with Crippen LogP contribution in [0.25, 0.3) is 0 Å². The predicted molar refractivity (Wildman–Crippen MR) is 67.5 cm³/mol. The Morgan fingerprint density at radius 2 is 1.94 bits per heavy atom. The number of nitriles is 1. The second-order valence-corrected chi connectivity index (χ2v) is 3.88. The molecule has 0 aliphatic carbocycles. The highest BCUT2D eigenvalue weighted by Crippen LogP contribution is 2.08. The first-order valence-electron chi connectivity index (χ1n) is 5.43. The van der Waals surface area contributed by atoms with Gasteiger partial charge in [-0.1, -0.05) is 18.2 Å². The molecular formula is C14H13N3. The van der Waals surface area contributed by atoms with Crippen molar-refractivity contribution in [2.75, 3.05) is 5.32 Å². The maximum absolute atomic E-state index is 8.69. The van der Waals surface area contributed by atoms with E-state index in [0.717, 1.165) is 16.9 Å². The Morgan fingerprint density at radius 3 is 2.53 bits per heavy atom. The van der Waals surface area contributed by atoms with E-state index in [9.17, 15) is 0 Å². The third-order valence-electron chi connectivity index (χ3n) is 2.47. The van der Waals surface area contributed by atoms with E-state index in [1.54, 1.807) is 0 Å². The Kier molecular flexibility index (Phi) is 3.37.